The number of aromatic hydroxyl groups is 1. The lowest BCUT2D eigenvalue weighted by atomic mass is 9.75. The lowest BCUT2D eigenvalue weighted by Gasteiger charge is -2.49. The molecule has 1 fully saturated rings. The van der Waals surface area contributed by atoms with Crippen molar-refractivity contribution in [3.05, 3.63) is 23.8 Å². The first-order chi connectivity index (χ1) is 9.35. The Morgan fingerprint density at radius 1 is 1.25 bits per heavy atom. The summed E-state index contributed by atoms with van der Waals surface area (Å²) in [6.45, 7) is 2.61. The van der Waals surface area contributed by atoms with E-state index in [1.54, 1.807) is 19.1 Å². The number of likely N-dealkylation sites (N-methyl/N-ethyl adjacent to an activating group) is 2. The minimum atomic E-state index is -0.644. The van der Waals surface area contributed by atoms with Crippen molar-refractivity contribution in [3.63, 3.8) is 0 Å². The minimum Gasteiger partial charge on any atom is -0.507 e. The molecular weight excluding hydrogens is 252 g/mol. The normalized spacial score (nSPS) is 18.7. The van der Waals surface area contributed by atoms with Crippen LogP contribution in [0, 0.1) is 0 Å². The first-order valence-corrected chi connectivity index (χ1v) is 7.25. The number of aliphatic hydroxyl groups is 1. The largest absolute Gasteiger partial charge is 0.507 e. The smallest absolute Gasteiger partial charge is 0.123 e. The number of aliphatic hydroxyl groups excluding tert-OH is 1. The predicted molar refractivity (Wildman–Crippen MR) is 82.3 cm³/mol. The summed E-state index contributed by atoms with van der Waals surface area (Å²) in [5.41, 5.74) is 1.82. The Hall–Kier alpha value is -1.26. The van der Waals surface area contributed by atoms with Crippen LogP contribution in [0.15, 0.2) is 18.2 Å². The maximum atomic E-state index is 9.99. The quantitative estimate of drug-likeness (QED) is 0.868. The molecule has 1 aliphatic rings. The van der Waals surface area contributed by atoms with E-state index >= 15 is 0 Å². The Morgan fingerprint density at radius 2 is 1.90 bits per heavy atom. The van der Waals surface area contributed by atoms with Crippen LogP contribution in [0.3, 0.4) is 0 Å². The van der Waals surface area contributed by atoms with E-state index in [0.717, 1.165) is 12.2 Å². The van der Waals surface area contributed by atoms with E-state index in [1.807, 2.05) is 6.07 Å². The second kappa shape index (κ2) is 5.62. The van der Waals surface area contributed by atoms with Gasteiger partial charge in [-0.25, -0.2) is 0 Å². The van der Waals surface area contributed by atoms with Crippen molar-refractivity contribution in [2.75, 3.05) is 32.6 Å². The number of phenols is 1. The highest BCUT2D eigenvalue weighted by Crippen LogP contribution is 2.38. The number of benzene rings is 1. The van der Waals surface area contributed by atoms with Crippen molar-refractivity contribution >= 4 is 5.69 Å². The van der Waals surface area contributed by atoms with Crippen LogP contribution >= 0.6 is 0 Å². The Labute approximate surface area is 121 Å². The van der Waals surface area contributed by atoms with E-state index in [0.29, 0.717) is 5.56 Å². The van der Waals surface area contributed by atoms with Crippen molar-refractivity contribution in [1.82, 2.24) is 4.90 Å². The first kappa shape index (κ1) is 15.1. The highest BCUT2D eigenvalue weighted by Gasteiger charge is 2.39. The van der Waals surface area contributed by atoms with Crippen molar-refractivity contribution in [2.24, 2.45) is 0 Å². The molecule has 4 heteroatoms. The number of hydrogen-bond acceptors (Lipinski definition) is 4. The molecule has 112 valence electrons. The Kier molecular flexibility index (Phi) is 4.25. The third-order valence-corrected chi connectivity index (χ3v) is 4.67. The second-order valence-electron chi connectivity index (χ2n) is 6.25. The molecule has 1 aliphatic carbocycles. The molecule has 2 rings (SSSR count). The highest BCUT2D eigenvalue weighted by atomic mass is 16.3. The highest BCUT2D eigenvalue weighted by molar-refractivity contribution is 5.53. The molecule has 0 saturated heterocycles. The molecule has 2 N–H and O–H groups in total. The zero-order valence-corrected chi connectivity index (χ0v) is 12.9. The van der Waals surface area contributed by atoms with Gasteiger partial charge in [-0.2, -0.15) is 0 Å². The van der Waals surface area contributed by atoms with Gasteiger partial charge >= 0.3 is 0 Å². The lowest BCUT2D eigenvalue weighted by Crippen LogP contribution is -2.56. The maximum absolute atomic E-state index is 9.99. The molecule has 0 amide bonds. The predicted octanol–water partition coefficient (Wildman–Crippen LogP) is 2.37. The number of rotatable bonds is 5. The minimum absolute atomic E-state index is 0.164. The van der Waals surface area contributed by atoms with Crippen LogP contribution in [0.25, 0.3) is 0 Å². The number of anilines is 1. The molecule has 1 unspecified atom stereocenters. The zero-order chi connectivity index (χ0) is 14.9. The Balaban J connectivity index is 2.13. The summed E-state index contributed by atoms with van der Waals surface area (Å²) in [7, 11) is 6.34. The van der Waals surface area contributed by atoms with E-state index in [-0.39, 0.29) is 11.3 Å². The standard InChI is InChI=1S/C16H26N2O2/c1-12(19)14-7-6-13(10-15(14)20)18(4)11-16(17(2)3)8-5-9-16/h6-7,10,12,19-20H,5,8-9,11H2,1-4H3. The summed E-state index contributed by atoms with van der Waals surface area (Å²) in [4.78, 5) is 4.50. The zero-order valence-electron chi connectivity index (χ0n) is 12.9. The molecule has 0 bridgehead atoms. The van der Waals surface area contributed by atoms with Crippen LogP contribution in [0.4, 0.5) is 5.69 Å². The summed E-state index contributed by atoms with van der Waals surface area (Å²) < 4.78 is 0. The molecule has 1 aromatic carbocycles. The number of nitrogens with zero attached hydrogens (tertiary/aromatic N) is 2. The summed E-state index contributed by atoms with van der Waals surface area (Å²) in [6.07, 6.45) is 3.09. The number of hydrogen-bond donors (Lipinski definition) is 2. The molecule has 0 aromatic heterocycles. The molecule has 1 aromatic rings. The van der Waals surface area contributed by atoms with E-state index in [4.69, 9.17) is 0 Å². The summed E-state index contributed by atoms with van der Waals surface area (Å²) in [6, 6.07) is 5.50. The lowest BCUT2D eigenvalue weighted by molar-refractivity contribution is 0.0683. The van der Waals surface area contributed by atoms with Crippen molar-refractivity contribution in [3.8, 4) is 5.75 Å². The van der Waals surface area contributed by atoms with Crippen LogP contribution in [0.2, 0.25) is 0 Å². The van der Waals surface area contributed by atoms with Crippen LogP contribution in [0.1, 0.15) is 37.9 Å². The van der Waals surface area contributed by atoms with Crippen molar-refractivity contribution in [2.45, 2.75) is 37.8 Å². The topological polar surface area (TPSA) is 46.9 Å². The maximum Gasteiger partial charge on any atom is 0.123 e. The van der Waals surface area contributed by atoms with Crippen LogP contribution in [0.5, 0.6) is 5.75 Å². The van der Waals surface area contributed by atoms with Gasteiger partial charge in [0.05, 0.1) is 6.10 Å². The Morgan fingerprint density at radius 3 is 2.30 bits per heavy atom. The van der Waals surface area contributed by atoms with E-state index < -0.39 is 6.10 Å². The summed E-state index contributed by atoms with van der Waals surface area (Å²) in [5.74, 6) is 0.164. The average molecular weight is 278 g/mol. The SMILES string of the molecule is CC(O)c1ccc(N(C)CC2(N(C)C)CCC2)cc1O. The van der Waals surface area contributed by atoms with Gasteiger partial charge in [0.15, 0.2) is 0 Å². The van der Waals surface area contributed by atoms with Crippen LogP contribution in [-0.2, 0) is 0 Å². The molecule has 4 nitrogen and oxygen atoms in total. The first-order valence-electron chi connectivity index (χ1n) is 7.25. The Bertz CT molecular complexity index is 468. The fraction of sp³-hybridized carbons (Fsp3) is 0.625. The molecule has 1 saturated carbocycles. The van der Waals surface area contributed by atoms with E-state index in [1.165, 1.54) is 19.3 Å². The third kappa shape index (κ3) is 2.76. The van der Waals surface area contributed by atoms with Gasteiger partial charge in [0, 0.05) is 36.4 Å². The van der Waals surface area contributed by atoms with Gasteiger partial charge in [-0.05, 0) is 46.3 Å². The van der Waals surface area contributed by atoms with Gasteiger partial charge in [-0.15, -0.1) is 0 Å². The van der Waals surface area contributed by atoms with E-state index in [9.17, 15) is 10.2 Å². The van der Waals surface area contributed by atoms with Gasteiger partial charge in [0.25, 0.3) is 0 Å². The number of phenolic OH excluding ortho intramolecular Hbond substituents is 1. The van der Waals surface area contributed by atoms with Crippen LogP contribution in [-0.4, -0.2) is 48.3 Å². The monoisotopic (exact) mass is 278 g/mol. The van der Waals surface area contributed by atoms with Gasteiger partial charge in [0.2, 0.25) is 0 Å². The molecule has 20 heavy (non-hydrogen) atoms. The molecule has 0 spiro atoms. The van der Waals surface area contributed by atoms with Gasteiger partial charge < -0.3 is 20.0 Å². The fourth-order valence-corrected chi connectivity index (χ4v) is 2.99. The fourth-order valence-electron chi connectivity index (χ4n) is 2.99. The van der Waals surface area contributed by atoms with Gasteiger partial charge in [-0.3, -0.25) is 0 Å². The van der Waals surface area contributed by atoms with Crippen molar-refractivity contribution in [1.29, 1.82) is 0 Å². The van der Waals surface area contributed by atoms with Gasteiger partial charge in [0.1, 0.15) is 5.75 Å². The molecule has 0 radical (unpaired) electrons. The van der Waals surface area contributed by atoms with Crippen LogP contribution < -0.4 is 4.90 Å². The van der Waals surface area contributed by atoms with E-state index in [2.05, 4.69) is 30.9 Å². The molecule has 0 heterocycles. The van der Waals surface area contributed by atoms with Crippen molar-refractivity contribution < 1.29 is 10.2 Å². The average Bonchev–Trinajstić information content (AvgIpc) is 2.32. The summed E-state index contributed by atoms with van der Waals surface area (Å²) in [5, 5.41) is 19.6. The second-order valence-corrected chi connectivity index (χ2v) is 6.25. The molecule has 1 atom stereocenters. The van der Waals surface area contributed by atoms with Gasteiger partial charge in [-0.1, -0.05) is 6.07 Å². The molecule has 0 aliphatic heterocycles. The summed E-state index contributed by atoms with van der Waals surface area (Å²) >= 11 is 0. The third-order valence-electron chi connectivity index (χ3n) is 4.67. The molecular formula is C16H26N2O2.